The minimum absolute atomic E-state index is 0.587. The third kappa shape index (κ3) is 7.29. The van der Waals surface area contributed by atoms with E-state index in [1.165, 1.54) is 98.7 Å². The van der Waals surface area contributed by atoms with Crippen LogP contribution >= 0.6 is 0 Å². The first-order valence-corrected chi connectivity index (χ1v) is 26.2. The molecule has 0 amide bonds. The minimum Gasteiger partial charge on any atom is -0.457 e. The molecule has 11 aromatic rings. The van der Waals surface area contributed by atoms with Gasteiger partial charge in [0, 0.05) is 32.7 Å². The molecule has 8 aromatic carbocycles. The number of aromatic nitrogens is 3. The van der Waals surface area contributed by atoms with E-state index in [0.717, 1.165) is 93.6 Å². The molecule has 0 radical (unpaired) electrons. The van der Waals surface area contributed by atoms with Crippen molar-refractivity contribution in [3.63, 3.8) is 0 Å². The van der Waals surface area contributed by atoms with E-state index in [1.807, 2.05) is 0 Å². The fourth-order valence-corrected chi connectivity index (χ4v) is 12.5. The Hall–Kier alpha value is -6.46. The van der Waals surface area contributed by atoms with Gasteiger partial charge in [0.2, 0.25) is 0 Å². The maximum Gasteiger partial charge on any atom is 0.167 e. The van der Waals surface area contributed by atoms with Crippen LogP contribution in [0, 0.1) is 0 Å². The molecule has 3 heterocycles. The Morgan fingerprint density at radius 2 is 0.541 bits per heavy atom. The predicted molar refractivity (Wildman–Crippen MR) is 374 cm³/mol. The molecule has 3 aromatic heterocycles. The molecule has 11 rings (SSSR count). The maximum atomic E-state index is 7.19. The van der Waals surface area contributed by atoms with Crippen molar-refractivity contribution in [2.24, 2.45) is 0 Å². The average molecular weight is 931 g/mol. The number of fused-ring (bicyclic) bond motifs is 6. The lowest BCUT2D eigenvalue weighted by molar-refractivity contribution is 0.673. The summed E-state index contributed by atoms with van der Waals surface area (Å²) in [5, 5.41) is 4.56. The summed E-state index contributed by atoms with van der Waals surface area (Å²) in [5.74, 6) is 1.81. The van der Waals surface area contributed by atoms with E-state index < -0.39 is 0 Å². The van der Waals surface area contributed by atoms with E-state index in [2.05, 4.69) is 220 Å². The summed E-state index contributed by atoms with van der Waals surface area (Å²) >= 11 is 0. The zero-order valence-electron chi connectivity index (χ0n) is 46.7. The van der Waals surface area contributed by atoms with Crippen molar-refractivity contribution in [1.29, 1.82) is 0 Å². The molecule has 0 atom stereocenters. The number of rotatable bonds is 6. The highest BCUT2D eigenvalue weighted by Gasteiger charge is 2.29. The Morgan fingerprint density at radius 1 is 0.230 bits per heavy atom. The average Bonchev–Trinajstić information content (AvgIpc) is 4.02. The van der Waals surface area contributed by atoms with Crippen LogP contribution < -0.4 is 98.3 Å². The topological polar surface area (TPSA) is 65.0 Å². The lowest BCUT2D eigenvalue weighted by Gasteiger charge is -2.25. The number of furan rings is 2. The molecule has 0 saturated heterocycles. The number of benzene rings is 8. The summed E-state index contributed by atoms with van der Waals surface area (Å²) in [6, 6.07) is 28.0. The van der Waals surface area contributed by atoms with Crippen molar-refractivity contribution in [3.05, 3.63) is 78.9 Å². The van der Waals surface area contributed by atoms with Crippen molar-refractivity contribution in [1.82, 2.24) is 15.0 Å². The molecule has 0 saturated carbocycles. The normalized spacial score (nSPS) is 11.7. The van der Waals surface area contributed by atoms with E-state index in [9.17, 15) is 0 Å². The summed E-state index contributed by atoms with van der Waals surface area (Å²) in [6.45, 7) is 0. The van der Waals surface area contributed by atoms with Crippen LogP contribution in [0.25, 0.3) is 111 Å². The van der Waals surface area contributed by atoms with Gasteiger partial charge in [0.05, 0.1) is 5.56 Å². The second kappa shape index (κ2) is 18.1. The highest BCUT2D eigenvalue weighted by molar-refractivity contribution is 6.72. The monoisotopic (exact) mass is 934 g/mol. The lowest BCUT2D eigenvalue weighted by atomic mass is 9.57. The van der Waals surface area contributed by atoms with Crippen LogP contribution in [-0.2, 0) is 0 Å². The molecule has 0 aliphatic rings. The van der Waals surface area contributed by atoms with E-state index in [4.69, 9.17) is 23.8 Å². The Morgan fingerprint density at radius 3 is 1.11 bits per heavy atom. The third-order valence-electron chi connectivity index (χ3n) is 18.1. The van der Waals surface area contributed by atoms with Gasteiger partial charge in [-0.3, -0.25) is 0 Å². The summed E-state index contributed by atoms with van der Waals surface area (Å²) in [7, 11) is 40.3. The van der Waals surface area contributed by atoms with Crippen LogP contribution in [0.3, 0.4) is 0 Å². The fourth-order valence-electron chi connectivity index (χ4n) is 12.5. The van der Waals surface area contributed by atoms with Crippen LogP contribution in [0.2, 0.25) is 0 Å². The van der Waals surface area contributed by atoms with E-state index in [-0.39, 0.29) is 0 Å². The van der Waals surface area contributed by atoms with E-state index in [0.29, 0.717) is 17.5 Å². The molecule has 0 aliphatic heterocycles. The van der Waals surface area contributed by atoms with Crippen LogP contribution in [-0.4, -0.2) is 156 Å². The van der Waals surface area contributed by atoms with Crippen LogP contribution in [0.4, 0.5) is 0 Å². The van der Waals surface area contributed by atoms with Gasteiger partial charge >= 0.3 is 0 Å². The quantitative estimate of drug-likeness (QED) is 0.155. The van der Waals surface area contributed by atoms with Gasteiger partial charge in [0.15, 0.2) is 17.5 Å². The molecule has 0 aliphatic carbocycles. The third-order valence-corrected chi connectivity index (χ3v) is 18.1. The predicted octanol–water partition coefficient (Wildman–Crippen LogP) is -17.7. The summed E-state index contributed by atoms with van der Waals surface area (Å²) in [5.41, 5.74) is 35.7. The molecule has 5 nitrogen and oxygen atoms in total. The Bertz CT molecular complexity index is 4280. The molecule has 0 bridgehead atoms. The second-order valence-electron chi connectivity index (χ2n) is 21.6. The van der Waals surface area contributed by atoms with Crippen LogP contribution in [0.1, 0.15) is 0 Å². The second-order valence-corrected chi connectivity index (χ2v) is 21.6. The largest absolute Gasteiger partial charge is 0.457 e. The molecular weight excluding hydrogens is 881 g/mol. The van der Waals surface area contributed by atoms with Gasteiger partial charge in [-0.2, -0.15) is 0 Å². The number of hydrogen-bond donors (Lipinski definition) is 0. The Labute approximate surface area is 450 Å². The van der Waals surface area contributed by atoms with Gasteiger partial charge in [-0.15, -0.1) is 21.9 Å². The molecule has 23 heteroatoms. The smallest absolute Gasteiger partial charge is 0.167 e. The van der Waals surface area contributed by atoms with Crippen molar-refractivity contribution in [2.45, 2.75) is 0 Å². The minimum atomic E-state index is 0.587. The van der Waals surface area contributed by atoms with Gasteiger partial charge in [0.1, 0.15) is 164 Å². The molecule has 0 unspecified atom stereocenters. The standard InChI is InChI=1S/C51H49B18N3O2/c52-27-19(20-29(54)37(62)40(65)38(63)30(20)55)31(56)42(67)46-21(27)22-28(53)25(34(59)43(68)47(22)74-46)50-70-49(18-11-5-10-17(13-18)16-9-4-8-15(12-16)14-6-2-1-3-7-14)71-51(72-50)26-35(60)36(61)32(57)23-24-33(58)39(64)41(66)44(69)48(24)73-45(23)26/h1-13H,52-69H2. The summed E-state index contributed by atoms with van der Waals surface area (Å²) in [6.07, 6.45) is 0. The zero-order chi connectivity index (χ0) is 52.7. The molecule has 74 heavy (non-hydrogen) atoms. The Kier molecular flexibility index (Phi) is 12.2. The molecule has 0 N–H and O–H groups in total. The van der Waals surface area contributed by atoms with Crippen LogP contribution in [0.15, 0.2) is 87.7 Å². The first-order valence-electron chi connectivity index (χ1n) is 26.2. The van der Waals surface area contributed by atoms with Crippen LogP contribution in [0.5, 0.6) is 0 Å². The van der Waals surface area contributed by atoms with Crippen molar-refractivity contribution in [2.75, 3.05) is 0 Å². The lowest BCUT2D eigenvalue weighted by Crippen LogP contribution is -2.56. The van der Waals surface area contributed by atoms with Gasteiger partial charge < -0.3 is 8.83 Å². The highest BCUT2D eigenvalue weighted by atomic mass is 16.3. The van der Waals surface area contributed by atoms with Crippen molar-refractivity contribution < 1.29 is 8.83 Å². The molecular formula is C51H49B18N3O2. The first kappa shape index (κ1) is 49.7. The number of hydrogen-bond acceptors (Lipinski definition) is 5. The molecule has 334 valence electrons. The van der Waals surface area contributed by atoms with E-state index in [1.54, 1.807) is 0 Å². The summed E-state index contributed by atoms with van der Waals surface area (Å²) in [4.78, 5) is 16.7. The fraction of sp³-hybridized carbons (Fsp3) is 0. The Balaban J connectivity index is 1.23. The zero-order valence-corrected chi connectivity index (χ0v) is 46.7. The first-order chi connectivity index (χ1) is 35.2. The van der Waals surface area contributed by atoms with Gasteiger partial charge in [-0.1, -0.05) is 143 Å². The summed E-state index contributed by atoms with van der Waals surface area (Å²) < 4.78 is 14.3. The van der Waals surface area contributed by atoms with Gasteiger partial charge in [-0.25, -0.2) is 15.0 Å². The molecule has 0 spiro atoms. The highest BCUT2D eigenvalue weighted by Crippen LogP contribution is 2.35. The van der Waals surface area contributed by atoms with Gasteiger partial charge in [0.25, 0.3) is 0 Å². The molecule has 0 fully saturated rings. The SMILES string of the molecule is Bc1c(B)c(B)c(-c2c(B)c(B)c3oc4c(B)c(B)c(-c5nc(-c6cccc(-c7cccc(-c8ccccc8)c7)c6)nc(-c6c(B)c(B)c(B)c7c6oc6c(B)c(B)c(B)c(B)c67)n5)c(B)c4c3c2B)c(B)c1B. The van der Waals surface area contributed by atoms with Crippen molar-refractivity contribution in [3.8, 4) is 67.5 Å². The maximum absolute atomic E-state index is 7.19. The number of nitrogens with zero attached hydrogens (tertiary/aromatic N) is 3. The van der Waals surface area contributed by atoms with Gasteiger partial charge in [-0.05, 0) is 45.5 Å². The van der Waals surface area contributed by atoms with Crippen molar-refractivity contribution >= 4 is 283 Å². The van der Waals surface area contributed by atoms with E-state index >= 15 is 0 Å².